The van der Waals surface area contributed by atoms with E-state index in [2.05, 4.69) is 54.6 Å². The molecule has 0 bridgehead atoms. The lowest BCUT2D eigenvalue weighted by Gasteiger charge is -2.13. The Labute approximate surface area is 228 Å². The van der Waals surface area contributed by atoms with Gasteiger partial charge in [-0.2, -0.15) is 0 Å². The molecule has 4 heteroatoms. The summed E-state index contributed by atoms with van der Waals surface area (Å²) in [5.74, 6) is 0. The predicted octanol–water partition coefficient (Wildman–Crippen LogP) is 9.92. The van der Waals surface area contributed by atoms with Gasteiger partial charge >= 0.3 is 0 Å². The Balaban J connectivity index is 1.51. The molecule has 0 aliphatic heterocycles. The fourth-order valence-corrected chi connectivity index (χ4v) is 6.08. The smallest absolute Gasteiger partial charge is 0.144 e. The van der Waals surface area contributed by atoms with Crippen LogP contribution in [-0.2, 0) is 0 Å². The summed E-state index contributed by atoms with van der Waals surface area (Å²) in [7, 11) is 0. The van der Waals surface area contributed by atoms with Crippen molar-refractivity contribution < 1.29 is 8.83 Å². The number of benzene rings is 6. The SMILES string of the molecule is c1ccc(-c2nc3ccccc3nc2-c2cc3oc4ccccc4c3c3c2ccc2c4ccccc4oc23)cc1. The first kappa shape index (κ1) is 21.5. The van der Waals surface area contributed by atoms with Crippen LogP contribution in [0.15, 0.2) is 130 Å². The predicted molar refractivity (Wildman–Crippen MR) is 162 cm³/mol. The van der Waals surface area contributed by atoms with Crippen molar-refractivity contribution in [2.75, 3.05) is 0 Å². The molecule has 0 amide bonds. The Hall–Kier alpha value is -5.48. The number of para-hydroxylation sites is 4. The van der Waals surface area contributed by atoms with Gasteiger partial charge < -0.3 is 8.83 Å². The van der Waals surface area contributed by atoms with Crippen LogP contribution in [0.2, 0.25) is 0 Å². The number of furan rings is 2. The van der Waals surface area contributed by atoms with E-state index in [0.29, 0.717) is 0 Å². The van der Waals surface area contributed by atoms with Gasteiger partial charge in [-0.3, -0.25) is 0 Å². The zero-order valence-corrected chi connectivity index (χ0v) is 21.3. The number of aromatic nitrogens is 2. The molecule has 0 saturated carbocycles. The van der Waals surface area contributed by atoms with E-state index in [1.54, 1.807) is 0 Å². The Bertz CT molecular complexity index is 2430. The average Bonchev–Trinajstić information content (AvgIpc) is 3.59. The van der Waals surface area contributed by atoms with Crippen LogP contribution >= 0.6 is 0 Å². The van der Waals surface area contributed by atoms with Crippen LogP contribution in [0.4, 0.5) is 0 Å². The average molecular weight is 513 g/mol. The molecule has 0 aliphatic carbocycles. The van der Waals surface area contributed by atoms with Gasteiger partial charge in [-0.1, -0.05) is 84.9 Å². The van der Waals surface area contributed by atoms with Crippen LogP contribution in [0.3, 0.4) is 0 Å². The molecule has 3 aromatic heterocycles. The van der Waals surface area contributed by atoms with E-state index < -0.39 is 0 Å². The summed E-state index contributed by atoms with van der Waals surface area (Å²) in [5, 5.41) is 6.37. The zero-order valence-electron chi connectivity index (χ0n) is 21.3. The first-order valence-corrected chi connectivity index (χ1v) is 13.3. The van der Waals surface area contributed by atoms with E-state index in [0.717, 1.165) is 88.2 Å². The highest BCUT2D eigenvalue weighted by Gasteiger charge is 2.23. The Morgan fingerprint density at radius 2 is 1.05 bits per heavy atom. The van der Waals surface area contributed by atoms with Crippen LogP contribution in [-0.4, -0.2) is 9.97 Å². The summed E-state index contributed by atoms with van der Waals surface area (Å²) in [5.41, 5.74) is 8.69. The fraction of sp³-hybridized carbons (Fsp3) is 0. The lowest BCUT2D eigenvalue weighted by atomic mass is 9.93. The molecule has 9 rings (SSSR count). The van der Waals surface area contributed by atoms with Crippen LogP contribution in [0.1, 0.15) is 0 Å². The maximum atomic E-state index is 6.59. The summed E-state index contributed by atoms with van der Waals surface area (Å²) in [6, 6.07) is 41.2. The molecule has 3 heterocycles. The molecule has 4 nitrogen and oxygen atoms in total. The van der Waals surface area contributed by atoms with E-state index in [4.69, 9.17) is 18.8 Å². The first-order chi connectivity index (χ1) is 19.8. The molecule has 9 aromatic rings. The topological polar surface area (TPSA) is 52.1 Å². The van der Waals surface area contributed by atoms with Crippen molar-refractivity contribution in [2.24, 2.45) is 0 Å². The number of nitrogens with zero attached hydrogens (tertiary/aromatic N) is 2. The molecular formula is C36H20N2O2. The molecular weight excluding hydrogens is 492 g/mol. The van der Waals surface area contributed by atoms with Gasteiger partial charge in [-0.25, -0.2) is 9.97 Å². The minimum absolute atomic E-state index is 0.797. The molecule has 40 heavy (non-hydrogen) atoms. The van der Waals surface area contributed by atoms with Gasteiger partial charge in [0.05, 0.1) is 22.4 Å². The number of hydrogen-bond acceptors (Lipinski definition) is 4. The van der Waals surface area contributed by atoms with Crippen molar-refractivity contribution >= 4 is 65.7 Å². The molecule has 6 aromatic carbocycles. The monoisotopic (exact) mass is 512 g/mol. The van der Waals surface area contributed by atoms with Crippen molar-refractivity contribution in [3.63, 3.8) is 0 Å². The number of fused-ring (bicyclic) bond motifs is 10. The fourth-order valence-electron chi connectivity index (χ4n) is 6.08. The third-order valence-electron chi connectivity index (χ3n) is 7.86. The maximum absolute atomic E-state index is 6.59. The third kappa shape index (κ3) is 2.96. The van der Waals surface area contributed by atoms with Crippen molar-refractivity contribution in [2.45, 2.75) is 0 Å². The Morgan fingerprint density at radius 3 is 1.85 bits per heavy atom. The molecule has 0 atom stereocenters. The molecule has 0 saturated heterocycles. The summed E-state index contributed by atoms with van der Waals surface area (Å²) in [4.78, 5) is 10.4. The van der Waals surface area contributed by atoms with E-state index in [1.165, 1.54) is 0 Å². The molecule has 0 N–H and O–H groups in total. The van der Waals surface area contributed by atoms with Gasteiger partial charge in [0.1, 0.15) is 22.3 Å². The lowest BCUT2D eigenvalue weighted by molar-refractivity contribution is 0.668. The highest BCUT2D eigenvalue weighted by atomic mass is 16.3. The van der Waals surface area contributed by atoms with Gasteiger partial charge in [0.15, 0.2) is 0 Å². The molecule has 0 fully saturated rings. The quantitative estimate of drug-likeness (QED) is 0.231. The lowest BCUT2D eigenvalue weighted by Crippen LogP contribution is -1.96. The van der Waals surface area contributed by atoms with E-state index in [9.17, 15) is 0 Å². The van der Waals surface area contributed by atoms with E-state index in [-0.39, 0.29) is 0 Å². The summed E-state index contributed by atoms with van der Waals surface area (Å²) < 4.78 is 13.1. The molecule has 0 spiro atoms. The van der Waals surface area contributed by atoms with Gasteiger partial charge in [0.2, 0.25) is 0 Å². The molecule has 0 radical (unpaired) electrons. The summed E-state index contributed by atoms with van der Waals surface area (Å²) >= 11 is 0. The summed E-state index contributed by atoms with van der Waals surface area (Å²) in [6.45, 7) is 0. The minimum Gasteiger partial charge on any atom is -0.456 e. The highest BCUT2D eigenvalue weighted by molar-refractivity contribution is 6.30. The van der Waals surface area contributed by atoms with Crippen molar-refractivity contribution in [1.29, 1.82) is 0 Å². The highest BCUT2D eigenvalue weighted by Crippen LogP contribution is 2.46. The van der Waals surface area contributed by atoms with E-state index in [1.807, 2.05) is 66.7 Å². The standard InChI is InChI=1S/C36H20N2O2/c1-2-10-21(11-3-1)34-35(38-28-15-7-6-14-27(28)37-34)26-20-31-32(25-13-5-9-17-30(25)39-31)33-23(26)18-19-24-22-12-4-8-16-29(22)40-36(24)33/h1-20H. The largest absolute Gasteiger partial charge is 0.456 e. The minimum atomic E-state index is 0.797. The maximum Gasteiger partial charge on any atom is 0.144 e. The second kappa shape index (κ2) is 8.01. The second-order valence-corrected chi connectivity index (χ2v) is 10.1. The van der Waals surface area contributed by atoms with Gasteiger partial charge in [0, 0.05) is 38.1 Å². The van der Waals surface area contributed by atoms with Gasteiger partial charge in [0.25, 0.3) is 0 Å². The number of rotatable bonds is 2. The molecule has 186 valence electrons. The van der Waals surface area contributed by atoms with E-state index >= 15 is 0 Å². The van der Waals surface area contributed by atoms with Crippen molar-refractivity contribution in [1.82, 2.24) is 9.97 Å². The van der Waals surface area contributed by atoms with Crippen LogP contribution in [0.5, 0.6) is 0 Å². The van der Waals surface area contributed by atoms with Gasteiger partial charge in [-0.15, -0.1) is 0 Å². The third-order valence-corrected chi connectivity index (χ3v) is 7.86. The zero-order chi connectivity index (χ0) is 26.2. The van der Waals surface area contributed by atoms with Gasteiger partial charge in [-0.05, 0) is 41.8 Å². The second-order valence-electron chi connectivity index (χ2n) is 10.1. The normalized spacial score (nSPS) is 12.0. The first-order valence-electron chi connectivity index (χ1n) is 13.3. The van der Waals surface area contributed by atoms with Crippen molar-refractivity contribution in [3.8, 4) is 22.5 Å². The van der Waals surface area contributed by atoms with Crippen LogP contribution in [0, 0.1) is 0 Å². The Morgan fingerprint density at radius 1 is 0.425 bits per heavy atom. The number of hydrogen-bond donors (Lipinski definition) is 0. The van der Waals surface area contributed by atoms with Crippen LogP contribution < -0.4 is 0 Å². The Kier molecular flexibility index (Phi) is 4.30. The molecule has 0 unspecified atom stereocenters. The van der Waals surface area contributed by atoms with Crippen LogP contribution in [0.25, 0.3) is 88.2 Å². The summed E-state index contributed by atoms with van der Waals surface area (Å²) in [6.07, 6.45) is 0. The van der Waals surface area contributed by atoms with Crippen molar-refractivity contribution in [3.05, 3.63) is 121 Å². The molecule has 0 aliphatic rings.